The van der Waals surface area contributed by atoms with E-state index in [9.17, 15) is 15.0 Å². The summed E-state index contributed by atoms with van der Waals surface area (Å²) in [6.45, 7) is 3.34. The van der Waals surface area contributed by atoms with Gasteiger partial charge in [-0.2, -0.15) is 5.10 Å². The van der Waals surface area contributed by atoms with E-state index in [2.05, 4.69) is 10.1 Å². The highest BCUT2D eigenvalue weighted by Gasteiger charge is 2.20. The Hall–Kier alpha value is -2.89. The summed E-state index contributed by atoms with van der Waals surface area (Å²) in [5.74, 6) is -0.396. The summed E-state index contributed by atoms with van der Waals surface area (Å²) in [5, 5.41) is 24.8. The minimum Gasteiger partial charge on any atom is -0.508 e. The molecule has 0 spiro atoms. The van der Waals surface area contributed by atoms with Gasteiger partial charge in [0.1, 0.15) is 11.3 Å². The number of nitrogens with zero attached hydrogens (tertiary/aromatic N) is 3. The highest BCUT2D eigenvalue weighted by atomic mass is 16.4. The monoisotopic (exact) mass is 283 g/mol. The zero-order valence-corrected chi connectivity index (χ0v) is 11.5. The number of rotatable bonds is 2. The number of pyridine rings is 1. The lowest BCUT2D eigenvalue weighted by atomic mass is 10.1. The molecule has 1 aromatic carbocycles. The Morgan fingerprint density at radius 1 is 1.24 bits per heavy atom. The van der Waals surface area contributed by atoms with Crippen molar-refractivity contribution in [2.24, 2.45) is 0 Å². The number of aromatic hydroxyl groups is 1. The van der Waals surface area contributed by atoms with Crippen LogP contribution in [0.25, 0.3) is 16.6 Å². The molecule has 2 aromatic heterocycles. The van der Waals surface area contributed by atoms with E-state index in [-0.39, 0.29) is 11.3 Å². The zero-order chi connectivity index (χ0) is 15.1. The Morgan fingerprint density at radius 3 is 2.67 bits per heavy atom. The maximum atomic E-state index is 11.3. The molecule has 3 aromatic rings. The quantitative estimate of drug-likeness (QED) is 0.754. The number of aromatic nitrogens is 3. The van der Waals surface area contributed by atoms with Crippen molar-refractivity contribution in [2.75, 3.05) is 0 Å². The highest BCUT2D eigenvalue weighted by molar-refractivity contribution is 5.92. The Labute approximate surface area is 120 Å². The standard InChI is InChI=1S/C15H13N3O3/c1-8-13(15(20)21)9(2)18(17-8)14-12-7-11(19)4-3-10(12)5-6-16-14/h3-7,19H,1-2H3,(H,20,21). The van der Waals surface area contributed by atoms with E-state index in [1.807, 2.05) is 6.07 Å². The number of carbonyl (C=O) groups is 1. The minimum absolute atomic E-state index is 0.122. The molecule has 106 valence electrons. The maximum Gasteiger partial charge on any atom is 0.339 e. The molecule has 6 nitrogen and oxygen atoms in total. The summed E-state index contributed by atoms with van der Waals surface area (Å²) in [6, 6.07) is 6.78. The van der Waals surface area contributed by atoms with Crippen LogP contribution in [-0.2, 0) is 0 Å². The third-order valence-electron chi connectivity index (χ3n) is 3.43. The number of benzene rings is 1. The van der Waals surface area contributed by atoms with Crippen LogP contribution in [0.2, 0.25) is 0 Å². The maximum absolute atomic E-state index is 11.3. The van der Waals surface area contributed by atoms with Gasteiger partial charge in [-0.1, -0.05) is 6.07 Å². The smallest absolute Gasteiger partial charge is 0.339 e. The summed E-state index contributed by atoms with van der Waals surface area (Å²) in [4.78, 5) is 15.6. The number of hydrogen-bond donors (Lipinski definition) is 2. The normalized spacial score (nSPS) is 11.0. The van der Waals surface area contributed by atoms with E-state index in [0.717, 1.165) is 5.39 Å². The summed E-state index contributed by atoms with van der Waals surface area (Å²) in [7, 11) is 0. The second kappa shape index (κ2) is 4.59. The molecule has 0 aliphatic heterocycles. The number of carboxylic acids is 1. The second-order valence-corrected chi connectivity index (χ2v) is 4.80. The second-order valence-electron chi connectivity index (χ2n) is 4.80. The van der Waals surface area contributed by atoms with Gasteiger partial charge in [-0.05, 0) is 37.4 Å². The predicted octanol–water partition coefficient (Wildman–Crippen LogP) is 2.44. The van der Waals surface area contributed by atoms with Crippen LogP contribution in [0.3, 0.4) is 0 Å². The van der Waals surface area contributed by atoms with Gasteiger partial charge in [0.15, 0.2) is 5.82 Å². The van der Waals surface area contributed by atoms with E-state index in [1.54, 1.807) is 38.2 Å². The number of fused-ring (bicyclic) bond motifs is 1. The lowest BCUT2D eigenvalue weighted by Gasteiger charge is -2.08. The van der Waals surface area contributed by atoms with E-state index in [0.29, 0.717) is 22.6 Å². The summed E-state index contributed by atoms with van der Waals surface area (Å²) in [6.07, 6.45) is 1.63. The number of phenols is 1. The van der Waals surface area contributed by atoms with Gasteiger partial charge in [0.25, 0.3) is 0 Å². The molecule has 0 bridgehead atoms. The fraction of sp³-hybridized carbons (Fsp3) is 0.133. The molecule has 0 fully saturated rings. The van der Waals surface area contributed by atoms with Crippen LogP contribution in [0.5, 0.6) is 5.75 Å². The van der Waals surface area contributed by atoms with Crippen LogP contribution in [0, 0.1) is 13.8 Å². The summed E-state index contributed by atoms with van der Waals surface area (Å²) >= 11 is 0. The third kappa shape index (κ3) is 2.01. The largest absolute Gasteiger partial charge is 0.508 e. The van der Waals surface area contributed by atoms with Crippen LogP contribution in [-0.4, -0.2) is 30.9 Å². The molecule has 2 heterocycles. The SMILES string of the molecule is Cc1nn(-c2nccc3ccc(O)cc23)c(C)c1C(=O)O. The first kappa shape index (κ1) is 13.1. The Bertz CT molecular complexity index is 868. The van der Waals surface area contributed by atoms with Gasteiger partial charge in [0.05, 0.1) is 11.4 Å². The number of aryl methyl sites for hydroxylation is 1. The van der Waals surface area contributed by atoms with E-state index in [4.69, 9.17) is 0 Å². The van der Waals surface area contributed by atoms with Crippen molar-refractivity contribution in [3.63, 3.8) is 0 Å². The lowest BCUT2D eigenvalue weighted by molar-refractivity contribution is 0.0695. The molecule has 2 N–H and O–H groups in total. The van der Waals surface area contributed by atoms with Crippen molar-refractivity contribution in [2.45, 2.75) is 13.8 Å². The van der Waals surface area contributed by atoms with Crippen LogP contribution < -0.4 is 0 Å². The number of aromatic carboxylic acids is 1. The van der Waals surface area contributed by atoms with Gasteiger partial charge in [-0.3, -0.25) is 0 Å². The molecule has 6 heteroatoms. The fourth-order valence-electron chi connectivity index (χ4n) is 2.47. The van der Waals surface area contributed by atoms with Crippen LogP contribution in [0.15, 0.2) is 30.5 Å². The molecule has 0 amide bonds. The van der Waals surface area contributed by atoms with Gasteiger partial charge in [0, 0.05) is 11.6 Å². The first-order valence-corrected chi connectivity index (χ1v) is 6.36. The Morgan fingerprint density at radius 2 is 2.00 bits per heavy atom. The summed E-state index contributed by atoms with van der Waals surface area (Å²) < 4.78 is 1.50. The molecule has 0 atom stereocenters. The van der Waals surface area contributed by atoms with Gasteiger partial charge in [-0.25, -0.2) is 14.5 Å². The van der Waals surface area contributed by atoms with Crippen molar-refractivity contribution in [3.05, 3.63) is 47.4 Å². The van der Waals surface area contributed by atoms with Crippen LogP contribution >= 0.6 is 0 Å². The third-order valence-corrected chi connectivity index (χ3v) is 3.43. The zero-order valence-electron chi connectivity index (χ0n) is 11.5. The molecule has 0 radical (unpaired) electrons. The van der Waals surface area contributed by atoms with Crippen molar-refractivity contribution < 1.29 is 15.0 Å². The minimum atomic E-state index is -1.01. The molecule has 21 heavy (non-hydrogen) atoms. The van der Waals surface area contributed by atoms with Gasteiger partial charge in [0.2, 0.25) is 0 Å². The average Bonchev–Trinajstić information content (AvgIpc) is 2.73. The van der Waals surface area contributed by atoms with Gasteiger partial charge >= 0.3 is 5.97 Å². The van der Waals surface area contributed by atoms with Crippen molar-refractivity contribution >= 4 is 16.7 Å². The lowest BCUT2D eigenvalue weighted by Crippen LogP contribution is -2.04. The Kier molecular flexibility index (Phi) is 2.86. The van der Waals surface area contributed by atoms with E-state index in [1.165, 1.54) is 4.68 Å². The first-order chi connectivity index (χ1) is 9.99. The molecule has 0 aliphatic carbocycles. The highest BCUT2D eigenvalue weighted by Crippen LogP contribution is 2.26. The van der Waals surface area contributed by atoms with Crippen LogP contribution in [0.1, 0.15) is 21.7 Å². The summed E-state index contributed by atoms with van der Waals surface area (Å²) in [5.41, 5.74) is 1.11. The van der Waals surface area contributed by atoms with Gasteiger partial charge < -0.3 is 10.2 Å². The van der Waals surface area contributed by atoms with Crippen molar-refractivity contribution in [1.82, 2.24) is 14.8 Å². The van der Waals surface area contributed by atoms with E-state index < -0.39 is 5.97 Å². The van der Waals surface area contributed by atoms with Crippen LogP contribution in [0.4, 0.5) is 0 Å². The number of phenolic OH excluding ortho intramolecular Hbond substituents is 1. The number of carboxylic acid groups (broad SMARTS) is 1. The topological polar surface area (TPSA) is 88.2 Å². The van der Waals surface area contributed by atoms with Crippen molar-refractivity contribution in [3.8, 4) is 11.6 Å². The average molecular weight is 283 g/mol. The molecule has 0 saturated heterocycles. The molecule has 0 unspecified atom stereocenters. The molecular formula is C15H13N3O3. The Balaban J connectivity index is 2.33. The van der Waals surface area contributed by atoms with Crippen molar-refractivity contribution in [1.29, 1.82) is 0 Å². The predicted molar refractivity (Wildman–Crippen MR) is 77.0 cm³/mol. The van der Waals surface area contributed by atoms with E-state index >= 15 is 0 Å². The molecule has 0 aliphatic rings. The molecule has 3 rings (SSSR count). The fourth-order valence-corrected chi connectivity index (χ4v) is 2.47. The molecular weight excluding hydrogens is 270 g/mol. The van der Waals surface area contributed by atoms with Gasteiger partial charge in [-0.15, -0.1) is 0 Å². The first-order valence-electron chi connectivity index (χ1n) is 6.36. The number of hydrogen-bond acceptors (Lipinski definition) is 4. The molecule has 0 saturated carbocycles.